The first kappa shape index (κ1) is 15.0. The van der Waals surface area contributed by atoms with E-state index in [2.05, 4.69) is 57.1 Å². The summed E-state index contributed by atoms with van der Waals surface area (Å²) in [7, 11) is 2.14. The monoisotopic (exact) mass is 358 g/mol. The van der Waals surface area contributed by atoms with Gasteiger partial charge >= 0.3 is 0 Å². The Kier molecular flexibility index (Phi) is 5.82. The second-order valence-electron chi connectivity index (χ2n) is 4.48. The van der Waals surface area contributed by atoms with Gasteiger partial charge in [-0.1, -0.05) is 28.1 Å². The van der Waals surface area contributed by atoms with Crippen LogP contribution in [0.1, 0.15) is 16.3 Å². The predicted octanol–water partition coefficient (Wildman–Crippen LogP) is 4.32. The van der Waals surface area contributed by atoms with E-state index in [0.29, 0.717) is 5.88 Å². The number of alkyl halides is 1. The number of halogens is 2. The van der Waals surface area contributed by atoms with Gasteiger partial charge in [0.25, 0.3) is 0 Å². The van der Waals surface area contributed by atoms with Gasteiger partial charge in [0.1, 0.15) is 0 Å². The van der Waals surface area contributed by atoms with Crippen molar-refractivity contribution in [2.75, 3.05) is 13.6 Å². The molecule has 102 valence electrons. The molecule has 0 radical (unpaired) electrons. The summed E-state index contributed by atoms with van der Waals surface area (Å²) in [6.45, 7) is 1.96. The third-order valence-corrected chi connectivity index (χ3v) is 4.57. The maximum absolute atomic E-state index is 5.75. The van der Waals surface area contributed by atoms with Gasteiger partial charge in [-0.15, -0.1) is 22.9 Å². The number of thiazole rings is 1. The van der Waals surface area contributed by atoms with E-state index in [1.165, 1.54) is 10.6 Å². The number of rotatable bonds is 6. The largest absolute Gasteiger partial charge is 0.302 e. The van der Waals surface area contributed by atoms with Crippen molar-refractivity contribution in [2.24, 2.45) is 0 Å². The topological polar surface area (TPSA) is 16.1 Å². The summed E-state index contributed by atoms with van der Waals surface area (Å²) in [6.07, 6.45) is 0.981. The van der Waals surface area contributed by atoms with E-state index in [4.69, 9.17) is 11.6 Å². The van der Waals surface area contributed by atoms with Gasteiger partial charge in [0.15, 0.2) is 0 Å². The minimum atomic E-state index is 0.505. The highest BCUT2D eigenvalue weighted by atomic mass is 79.9. The number of hydrogen-bond donors (Lipinski definition) is 0. The first-order valence-corrected chi connectivity index (χ1v) is 8.30. The lowest BCUT2D eigenvalue weighted by molar-refractivity contribution is 0.331. The van der Waals surface area contributed by atoms with Crippen molar-refractivity contribution in [2.45, 2.75) is 18.8 Å². The fourth-order valence-corrected chi connectivity index (χ4v) is 3.07. The molecule has 1 heterocycles. The molecule has 0 unspecified atom stereocenters. The number of likely N-dealkylation sites (N-methyl/N-ethyl adjacent to an activating group) is 1. The minimum Gasteiger partial charge on any atom is -0.302 e. The average molecular weight is 360 g/mol. The van der Waals surface area contributed by atoms with E-state index in [1.54, 1.807) is 11.3 Å². The molecule has 0 spiro atoms. The van der Waals surface area contributed by atoms with Gasteiger partial charge in [-0.2, -0.15) is 0 Å². The van der Waals surface area contributed by atoms with E-state index >= 15 is 0 Å². The van der Waals surface area contributed by atoms with Crippen LogP contribution in [-0.4, -0.2) is 23.5 Å². The van der Waals surface area contributed by atoms with Crippen LogP contribution >= 0.6 is 38.9 Å². The highest BCUT2D eigenvalue weighted by Crippen LogP contribution is 2.14. The maximum atomic E-state index is 5.75. The van der Waals surface area contributed by atoms with Crippen LogP contribution in [0.15, 0.2) is 34.1 Å². The van der Waals surface area contributed by atoms with Crippen LogP contribution < -0.4 is 0 Å². The predicted molar refractivity (Wildman–Crippen MR) is 85.9 cm³/mol. The van der Waals surface area contributed by atoms with Crippen molar-refractivity contribution < 1.29 is 0 Å². The summed E-state index contributed by atoms with van der Waals surface area (Å²) in [5.41, 5.74) is 2.31. The fraction of sp³-hybridized carbons (Fsp3) is 0.357. The van der Waals surface area contributed by atoms with Crippen LogP contribution in [0, 0.1) is 0 Å². The van der Waals surface area contributed by atoms with Gasteiger partial charge in [-0.3, -0.25) is 0 Å². The zero-order valence-corrected chi connectivity index (χ0v) is 13.9. The van der Waals surface area contributed by atoms with Crippen molar-refractivity contribution >= 4 is 38.9 Å². The molecule has 19 heavy (non-hydrogen) atoms. The summed E-state index contributed by atoms with van der Waals surface area (Å²) in [4.78, 5) is 6.78. The molecule has 0 aliphatic heterocycles. The van der Waals surface area contributed by atoms with Crippen molar-refractivity contribution in [3.05, 3.63) is 50.4 Å². The summed E-state index contributed by atoms with van der Waals surface area (Å²) in [5.74, 6) is 0.505. The molecular weight excluding hydrogens is 344 g/mol. The van der Waals surface area contributed by atoms with Gasteiger partial charge in [-0.25, -0.2) is 4.98 Å². The Bertz CT molecular complexity index is 512. The lowest BCUT2D eigenvalue weighted by Gasteiger charge is -2.15. The second-order valence-corrected chi connectivity index (χ2v) is 6.61. The van der Waals surface area contributed by atoms with Crippen LogP contribution in [0.4, 0.5) is 0 Å². The molecule has 0 saturated carbocycles. The van der Waals surface area contributed by atoms with E-state index in [-0.39, 0.29) is 0 Å². The molecule has 5 heteroatoms. The molecule has 0 fully saturated rings. The molecule has 1 aromatic heterocycles. The molecule has 2 nitrogen and oxygen atoms in total. The van der Waals surface area contributed by atoms with E-state index < -0.39 is 0 Å². The van der Waals surface area contributed by atoms with Gasteiger partial charge in [-0.05, 0) is 24.7 Å². The Morgan fingerprint density at radius 2 is 2.05 bits per heavy atom. The highest BCUT2D eigenvalue weighted by molar-refractivity contribution is 9.10. The van der Waals surface area contributed by atoms with E-state index in [9.17, 15) is 0 Å². The second kappa shape index (κ2) is 7.39. The number of aromatic nitrogens is 1. The smallest absolute Gasteiger partial charge is 0.0941 e. The molecule has 0 amide bonds. The van der Waals surface area contributed by atoms with Gasteiger partial charge in [0, 0.05) is 29.4 Å². The molecule has 0 atom stereocenters. The van der Waals surface area contributed by atoms with Crippen molar-refractivity contribution in [1.29, 1.82) is 0 Å². The number of nitrogens with zero attached hydrogens (tertiary/aromatic N) is 2. The van der Waals surface area contributed by atoms with Crippen molar-refractivity contribution in [1.82, 2.24) is 9.88 Å². The maximum Gasteiger partial charge on any atom is 0.0941 e. The van der Waals surface area contributed by atoms with E-state index in [0.717, 1.165) is 29.7 Å². The normalized spacial score (nSPS) is 11.2. The van der Waals surface area contributed by atoms with Gasteiger partial charge in [0.05, 0.1) is 16.6 Å². The summed E-state index contributed by atoms with van der Waals surface area (Å²) in [5, 5.41) is 3.20. The van der Waals surface area contributed by atoms with Crippen LogP contribution in [0.3, 0.4) is 0 Å². The lowest BCUT2D eigenvalue weighted by Crippen LogP contribution is -2.20. The standard InChI is InChI=1S/C14H16BrClN2S/c1-18(9-11-2-4-12(15)5-3-11)7-6-14-17-13(8-16)10-19-14/h2-5,10H,6-9H2,1H3. The van der Waals surface area contributed by atoms with E-state index in [1.807, 2.05) is 5.38 Å². The molecule has 0 saturated heterocycles. The van der Waals surface area contributed by atoms with Crippen molar-refractivity contribution in [3.63, 3.8) is 0 Å². The molecule has 0 aliphatic rings. The molecule has 2 aromatic rings. The average Bonchev–Trinajstić information content (AvgIpc) is 2.87. The zero-order chi connectivity index (χ0) is 13.7. The molecule has 1 aromatic carbocycles. The summed E-state index contributed by atoms with van der Waals surface area (Å²) >= 11 is 10.9. The number of benzene rings is 1. The minimum absolute atomic E-state index is 0.505. The first-order chi connectivity index (χ1) is 9.17. The van der Waals surface area contributed by atoms with Gasteiger partial charge in [0.2, 0.25) is 0 Å². The number of hydrogen-bond acceptors (Lipinski definition) is 3. The van der Waals surface area contributed by atoms with Gasteiger partial charge < -0.3 is 4.90 Å². The van der Waals surface area contributed by atoms with Crippen LogP contribution in [0.2, 0.25) is 0 Å². The zero-order valence-electron chi connectivity index (χ0n) is 10.8. The van der Waals surface area contributed by atoms with Crippen LogP contribution in [-0.2, 0) is 18.8 Å². The fourth-order valence-electron chi connectivity index (χ4n) is 1.79. The Balaban J connectivity index is 1.81. The Hall–Kier alpha value is -0.420. The summed E-state index contributed by atoms with van der Waals surface area (Å²) < 4.78 is 1.12. The highest BCUT2D eigenvalue weighted by Gasteiger charge is 2.04. The quantitative estimate of drug-likeness (QED) is 0.714. The first-order valence-electron chi connectivity index (χ1n) is 6.09. The molecule has 0 bridgehead atoms. The molecule has 0 aliphatic carbocycles. The Labute approximate surface area is 131 Å². The Morgan fingerprint density at radius 1 is 1.32 bits per heavy atom. The molecule has 2 rings (SSSR count). The molecular formula is C14H16BrClN2S. The summed E-state index contributed by atoms with van der Waals surface area (Å²) in [6, 6.07) is 8.46. The van der Waals surface area contributed by atoms with Crippen LogP contribution in [0.5, 0.6) is 0 Å². The Morgan fingerprint density at radius 3 is 2.68 bits per heavy atom. The molecule has 0 N–H and O–H groups in total. The third-order valence-electron chi connectivity index (χ3n) is 2.81. The van der Waals surface area contributed by atoms with Crippen LogP contribution in [0.25, 0.3) is 0 Å². The van der Waals surface area contributed by atoms with Crippen molar-refractivity contribution in [3.8, 4) is 0 Å². The third kappa shape index (κ3) is 4.88. The lowest BCUT2D eigenvalue weighted by atomic mass is 10.2. The SMILES string of the molecule is CN(CCc1nc(CCl)cs1)Cc1ccc(Br)cc1.